The van der Waals surface area contributed by atoms with Crippen LogP contribution in [0.4, 0.5) is 4.39 Å². The van der Waals surface area contributed by atoms with Crippen molar-refractivity contribution in [3.63, 3.8) is 0 Å². The predicted molar refractivity (Wildman–Crippen MR) is 142 cm³/mol. The highest BCUT2D eigenvalue weighted by Crippen LogP contribution is 2.32. The lowest BCUT2D eigenvalue weighted by atomic mass is 10.0. The van der Waals surface area contributed by atoms with Gasteiger partial charge in [-0.15, -0.1) is 0 Å². The van der Waals surface area contributed by atoms with Crippen LogP contribution in [0, 0.1) is 12.7 Å². The third-order valence-corrected chi connectivity index (χ3v) is 8.62. The smallest absolute Gasteiger partial charge is 0.252 e. The maximum Gasteiger partial charge on any atom is 0.252 e. The number of nitrogens with one attached hydrogen (secondary N) is 1. The molecule has 0 spiro atoms. The molecule has 7 nitrogen and oxygen atoms in total. The molecule has 5 rings (SSSR count). The molecule has 1 aliphatic heterocycles. The molecule has 1 N–H and O–H groups in total. The van der Waals surface area contributed by atoms with Crippen LogP contribution in [-0.2, 0) is 16.3 Å². The van der Waals surface area contributed by atoms with Crippen LogP contribution in [0.5, 0.6) is 0 Å². The minimum absolute atomic E-state index is 0.0348. The number of hydrogen-bond acceptors (Lipinski definition) is 5. The average Bonchev–Trinajstić information content (AvgIpc) is 3.41. The lowest BCUT2D eigenvalue weighted by Crippen LogP contribution is -2.33. The molecule has 0 bridgehead atoms. The topological polar surface area (TPSA) is 93.9 Å². The lowest BCUT2D eigenvalue weighted by molar-refractivity contribution is 0.0940. The van der Waals surface area contributed by atoms with Gasteiger partial charge < -0.3 is 5.32 Å². The first-order chi connectivity index (χ1) is 17.7. The van der Waals surface area contributed by atoms with Gasteiger partial charge in [-0.05, 0) is 56.9 Å². The number of carbonyl (C=O) groups excluding carboxylic acids is 1. The second kappa shape index (κ2) is 10.0. The third-order valence-electron chi connectivity index (χ3n) is 6.87. The van der Waals surface area contributed by atoms with Crippen molar-refractivity contribution in [2.45, 2.75) is 45.2 Å². The fraction of sp³-hybridized carbons (Fsp3) is 0.321. The minimum atomic E-state index is -3.17. The van der Waals surface area contributed by atoms with Crippen molar-refractivity contribution in [1.82, 2.24) is 20.1 Å². The first-order valence-corrected chi connectivity index (χ1v) is 14.2. The van der Waals surface area contributed by atoms with Crippen molar-refractivity contribution in [3.05, 3.63) is 83.3 Å². The summed E-state index contributed by atoms with van der Waals surface area (Å²) < 4.78 is 40.7. The standard InChI is InChI=1S/C28H29FN4O3S/c1-18(12-13-20-8-4-3-5-9-20)30-28(34)23-16-25(22-10-6-7-11-24(22)29)31-27-26(23)19(2)32-33(27)21-14-15-37(35,36)17-21/h3-11,16,18,21H,12-15,17H2,1-2H3,(H,30,34). The summed E-state index contributed by atoms with van der Waals surface area (Å²) in [5.74, 6) is -0.708. The molecule has 1 fully saturated rings. The van der Waals surface area contributed by atoms with E-state index in [0.717, 1.165) is 12.8 Å². The number of hydrogen-bond donors (Lipinski definition) is 1. The Kier molecular flexibility index (Phi) is 6.81. The van der Waals surface area contributed by atoms with Gasteiger partial charge in [0.1, 0.15) is 5.82 Å². The van der Waals surface area contributed by atoms with Crippen molar-refractivity contribution < 1.29 is 17.6 Å². The Hall–Kier alpha value is -3.59. The van der Waals surface area contributed by atoms with E-state index in [1.807, 2.05) is 25.1 Å². The zero-order chi connectivity index (χ0) is 26.2. The molecule has 2 unspecified atom stereocenters. The Morgan fingerprint density at radius 2 is 1.89 bits per heavy atom. The second-order valence-corrected chi connectivity index (χ2v) is 11.9. The lowest BCUT2D eigenvalue weighted by Gasteiger charge is -2.16. The first-order valence-electron chi connectivity index (χ1n) is 12.4. The molecule has 1 aliphatic rings. The molecule has 0 saturated carbocycles. The minimum Gasteiger partial charge on any atom is -0.350 e. The number of sulfone groups is 1. The molecule has 37 heavy (non-hydrogen) atoms. The molecular weight excluding hydrogens is 491 g/mol. The quantitative estimate of drug-likeness (QED) is 0.383. The molecule has 1 saturated heterocycles. The summed E-state index contributed by atoms with van der Waals surface area (Å²) in [6.45, 7) is 3.74. The Morgan fingerprint density at radius 3 is 2.59 bits per heavy atom. The van der Waals surface area contributed by atoms with E-state index in [-0.39, 0.29) is 35.1 Å². The summed E-state index contributed by atoms with van der Waals surface area (Å²) in [5.41, 5.74) is 3.07. The van der Waals surface area contributed by atoms with Crippen molar-refractivity contribution in [2.75, 3.05) is 11.5 Å². The van der Waals surface area contributed by atoms with Gasteiger partial charge in [-0.2, -0.15) is 5.10 Å². The highest BCUT2D eigenvalue weighted by Gasteiger charge is 2.32. The van der Waals surface area contributed by atoms with Crippen LogP contribution < -0.4 is 5.32 Å². The maximum absolute atomic E-state index is 14.7. The molecule has 2 atom stereocenters. The van der Waals surface area contributed by atoms with Crippen LogP contribution in [-0.4, -0.2) is 46.6 Å². The Balaban J connectivity index is 1.53. The number of fused-ring (bicyclic) bond motifs is 1. The van der Waals surface area contributed by atoms with E-state index >= 15 is 0 Å². The predicted octanol–water partition coefficient (Wildman–Crippen LogP) is 4.66. The zero-order valence-electron chi connectivity index (χ0n) is 20.8. The molecule has 4 aromatic rings. The molecule has 2 aromatic heterocycles. The number of nitrogens with zero attached hydrogens (tertiary/aromatic N) is 3. The van der Waals surface area contributed by atoms with Crippen molar-refractivity contribution in [1.29, 1.82) is 0 Å². The Labute approximate surface area is 215 Å². The van der Waals surface area contributed by atoms with Gasteiger partial charge >= 0.3 is 0 Å². The Bertz CT molecular complexity index is 1570. The molecule has 192 valence electrons. The van der Waals surface area contributed by atoms with Crippen molar-refractivity contribution in [2.24, 2.45) is 0 Å². The molecule has 0 radical (unpaired) electrons. The summed E-state index contributed by atoms with van der Waals surface area (Å²) in [6.07, 6.45) is 1.99. The average molecular weight is 521 g/mol. The van der Waals surface area contributed by atoms with E-state index < -0.39 is 15.7 Å². The van der Waals surface area contributed by atoms with Crippen LogP contribution in [0.15, 0.2) is 60.7 Å². The highest BCUT2D eigenvalue weighted by molar-refractivity contribution is 7.91. The SMILES string of the molecule is Cc1nn(C2CCS(=O)(=O)C2)c2nc(-c3ccccc3F)cc(C(=O)NC(C)CCc3ccccc3)c12. The fourth-order valence-corrected chi connectivity index (χ4v) is 6.62. The fourth-order valence-electron chi connectivity index (χ4n) is 4.92. The number of rotatable bonds is 7. The van der Waals surface area contributed by atoms with Gasteiger partial charge in [-0.3, -0.25) is 4.79 Å². The van der Waals surface area contributed by atoms with Gasteiger partial charge in [0.15, 0.2) is 15.5 Å². The normalized spacial score (nSPS) is 17.6. The number of pyridine rings is 1. The number of benzene rings is 2. The molecular formula is C28H29FN4O3S. The first kappa shape index (κ1) is 25.1. The molecule has 1 amide bonds. The van der Waals surface area contributed by atoms with E-state index in [0.29, 0.717) is 34.4 Å². The summed E-state index contributed by atoms with van der Waals surface area (Å²) in [4.78, 5) is 18.3. The highest BCUT2D eigenvalue weighted by atomic mass is 32.2. The van der Waals surface area contributed by atoms with Crippen LogP contribution in [0.2, 0.25) is 0 Å². The van der Waals surface area contributed by atoms with Gasteiger partial charge in [0.05, 0.1) is 39.9 Å². The van der Waals surface area contributed by atoms with Crippen LogP contribution in [0.25, 0.3) is 22.3 Å². The molecule has 3 heterocycles. The monoisotopic (exact) mass is 520 g/mol. The second-order valence-electron chi connectivity index (χ2n) is 9.72. The Morgan fingerprint density at radius 1 is 1.16 bits per heavy atom. The number of halogens is 1. The number of aromatic nitrogens is 3. The summed E-state index contributed by atoms with van der Waals surface area (Å²) in [5, 5.41) is 8.24. The largest absolute Gasteiger partial charge is 0.350 e. The van der Waals surface area contributed by atoms with Gasteiger partial charge in [-0.25, -0.2) is 22.5 Å². The van der Waals surface area contributed by atoms with Gasteiger partial charge in [0.2, 0.25) is 0 Å². The summed E-state index contributed by atoms with van der Waals surface area (Å²) >= 11 is 0. The van der Waals surface area contributed by atoms with Crippen LogP contribution in [0.3, 0.4) is 0 Å². The van der Waals surface area contributed by atoms with E-state index in [4.69, 9.17) is 4.98 Å². The van der Waals surface area contributed by atoms with Crippen molar-refractivity contribution in [3.8, 4) is 11.3 Å². The van der Waals surface area contributed by atoms with Gasteiger partial charge in [0, 0.05) is 11.6 Å². The number of amides is 1. The van der Waals surface area contributed by atoms with E-state index in [1.165, 1.54) is 11.6 Å². The van der Waals surface area contributed by atoms with E-state index in [9.17, 15) is 17.6 Å². The van der Waals surface area contributed by atoms with Crippen LogP contribution in [0.1, 0.15) is 47.4 Å². The molecule has 9 heteroatoms. The van der Waals surface area contributed by atoms with Crippen molar-refractivity contribution >= 4 is 26.8 Å². The zero-order valence-corrected chi connectivity index (χ0v) is 21.6. The van der Waals surface area contributed by atoms with Gasteiger partial charge in [-0.1, -0.05) is 42.5 Å². The van der Waals surface area contributed by atoms with E-state index in [1.54, 1.807) is 35.9 Å². The summed E-state index contributed by atoms with van der Waals surface area (Å²) in [6, 6.07) is 17.4. The third kappa shape index (κ3) is 5.27. The van der Waals surface area contributed by atoms with E-state index in [2.05, 4.69) is 22.5 Å². The number of aryl methyl sites for hydroxylation is 2. The number of carbonyl (C=O) groups is 1. The maximum atomic E-state index is 14.7. The van der Waals surface area contributed by atoms with Gasteiger partial charge in [0.25, 0.3) is 5.91 Å². The molecule has 0 aliphatic carbocycles. The van der Waals surface area contributed by atoms with Crippen LogP contribution >= 0.6 is 0 Å². The summed E-state index contributed by atoms with van der Waals surface area (Å²) in [7, 11) is -3.17. The molecule has 2 aromatic carbocycles.